The van der Waals surface area contributed by atoms with Crippen LogP contribution in [0.4, 0.5) is 5.69 Å². The molecule has 2 heterocycles. The number of nitrogen functional groups attached to an aromatic ring is 1. The Morgan fingerprint density at radius 1 is 1.25 bits per heavy atom. The smallest absolute Gasteiger partial charge is 0.273 e. The molecule has 1 aliphatic rings. The van der Waals surface area contributed by atoms with Crippen molar-refractivity contribution in [2.75, 3.05) is 5.73 Å². The molecule has 0 radical (unpaired) electrons. The molecule has 0 atom stereocenters. The highest BCUT2D eigenvalue weighted by Gasteiger charge is 2.33. The lowest BCUT2D eigenvalue weighted by molar-refractivity contribution is 0.0722. The quantitative estimate of drug-likeness (QED) is 0.918. The van der Waals surface area contributed by atoms with Crippen LogP contribution in [-0.2, 0) is 6.54 Å². The Morgan fingerprint density at radius 2 is 2.10 bits per heavy atom. The van der Waals surface area contributed by atoms with Crippen LogP contribution in [0.2, 0.25) is 0 Å². The number of nitrogens with zero attached hydrogens (tertiary/aromatic N) is 3. The first-order chi connectivity index (χ1) is 9.74. The van der Waals surface area contributed by atoms with Gasteiger partial charge in [-0.25, -0.2) is 4.98 Å². The molecule has 2 aromatic rings. The first kappa shape index (κ1) is 12.6. The molecule has 2 N–H and O–H groups in total. The normalized spacial score (nSPS) is 14.0. The second-order valence-electron chi connectivity index (χ2n) is 4.96. The van der Waals surface area contributed by atoms with Crippen LogP contribution in [0.25, 0.3) is 0 Å². The minimum absolute atomic E-state index is 0.0573. The summed E-state index contributed by atoms with van der Waals surface area (Å²) in [4.78, 5) is 22.8. The molecule has 0 aromatic carbocycles. The molecule has 1 aliphatic carbocycles. The minimum atomic E-state index is -0.0573. The largest absolute Gasteiger partial charge is 0.397 e. The number of carbonyl (C=O) groups excluding carboxylic acids is 1. The minimum Gasteiger partial charge on any atom is -0.397 e. The summed E-state index contributed by atoms with van der Waals surface area (Å²) in [5.74, 6) is -0.0573. The zero-order valence-electron chi connectivity index (χ0n) is 11.1. The van der Waals surface area contributed by atoms with E-state index in [1.807, 2.05) is 23.1 Å². The lowest BCUT2D eigenvalue weighted by Crippen LogP contribution is -2.33. The molecule has 2 aromatic heterocycles. The van der Waals surface area contributed by atoms with E-state index in [2.05, 4.69) is 9.97 Å². The monoisotopic (exact) mass is 268 g/mol. The Labute approximate surface area is 117 Å². The summed E-state index contributed by atoms with van der Waals surface area (Å²) in [6, 6.07) is 9.41. The average molecular weight is 268 g/mol. The van der Waals surface area contributed by atoms with Gasteiger partial charge >= 0.3 is 0 Å². The topological polar surface area (TPSA) is 72.1 Å². The lowest BCUT2D eigenvalue weighted by atomic mass is 10.2. The van der Waals surface area contributed by atoms with Crippen LogP contribution in [0.5, 0.6) is 0 Å². The first-order valence-corrected chi connectivity index (χ1v) is 6.66. The number of pyridine rings is 2. The standard InChI is InChI=1S/C15H16N4O/c16-11-4-7-14(18-9-11)15(20)19(13-5-6-13)10-12-3-1-2-8-17-12/h1-4,7-9,13H,5-6,10,16H2. The molecule has 1 amide bonds. The van der Waals surface area contributed by atoms with E-state index < -0.39 is 0 Å². The average Bonchev–Trinajstić information content (AvgIpc) is 3.30. The van der Waals surface area contributed by atoms with E-state index in [9.17, 15) is 4.79 Å². The molecule has 1 saturated carbocycles. The van der Waals surface area contributed by atoms with Crippen molar-refractivity contribution in [1.82, 2.24) is 14.9 Å². The summed E-state index contributed by atoms with van der Waals surface area (Å²) >= 11 is 0. The molecular weight excluding hydrogens is 252 g/mol. The van der Waals surface area contributed by atoms with Crippen LogP contribution < -0.4 is 5.73 Å². The third kappa shape index (κ3) is 2.77. The Bertz CT molecular complexity index is 593. The van der Waals surface area contributed by atoms with Crippen LogP contribution in [-0.4, -0.2) is 26.8 Å². The molecular formula is C15H16N4O. The van der Waals surface area contributed by atoms with Crippen LogP contribution >= 0.6 is 0 Å². The van der Waals surface area contributed by atoms with Gasteiger partial charge in [0.05, 0.1) is 24.1 Å². The van der Waals surface area contributed by atoms with Crippen molar-refractivity contribution < 1.29 is 4.79 Å². The van der Waals surface area contributed by atoms with Crippen LogP contribution in [0.1, 0.15) is 29.0 Å². The molecule has 20 heavy (non-hydrogen) atoms. The van der Waals surface area contributed by atoms with Crippen molar-refractivity contribution in [3.63, 3.8) is 0 Å². The van der Waals surface area contributed by atoms with E-state index in [1.54, 1.807) is 18.3 Å². The highest BCUT2D eigenvalue weighted by molar-refractivity contribution is 5.92. The van der Waals surface area contributed by atoms with Gasteiger partial charge < -0.3 is 10.6 Å². The number of nitrogens with two attached hydrogens (primary N) is 1. The molecule has 0 spiro atoms. The van der Waals surface area contributed by atoms with Crippen molar-refractivity contribution in [3.05, 3.63) is 54.1 Å². The Kier molecular flexibility index (Phi) is 3.33. The molecule has 102 valence electrons. The fraction of sp³-hybridized carbons (Fsp3) is 0.267. The Hall–Kier alpha value is -2.43. The fourth-order valence-corrected chi connectivity index (χ4v) is 2.10. The van der Waals surface area contributed by atoms with Gasteiger partial charge in [0.1, 0.15) is 5.69 Å². The number of carbonyl (C=O) groups is 1. The maximum Gasteiger partial charge on any atom is 0.273 e. The third-order valence-electron chi connectivity index (χ3n) is 3.31. The molecule has 5 nitrogen and oxygen atoms in total. The molecule has 0 aliphatic heterocycles. The second-order valence-corrected chi connectivity index (χ2v) is 4.96. The zero-order valence-corrected chi connectivity index (χ0v) is 11.1. The summed E-state index contributed by atoms with van der Waals surface area (Å²) < 4.78 is 0. The maximum atomic E-state index is 12.5. The van der Waals surface area contributed by atoms with Crippen LogP contribution in [0.3, 0.4) is 0 Å². The summed E-state index contributed by atoms with van der Waals surface area (Å²) in [6.07, 6.45) is 5.35. The van der Waals surface area contributed by atoms with Gasteiger partial charge in [-0.05, 0) is 37.1 Å². The second kappa shape index (κ2) is 5.28. The summed E-state index contributed by atoms with van der Waals surface area (Å²) in [5, 5.41) is 0. The number of hydrogen-bond donors (Lipinski definition) is 1. The predicted molar refractivity (Wildman–Crippen MR) is 75.8 cm³/mol. The van der Waals surface area contributed by atoms with Crippen molar-refractivity contribution in [3.8, 4) is 0 Å². The molecule has 1 fully saturated rings. The fourth-order valence-electron chi connectivity index (χ4n) is 2.10. The van der Waals surface area contributed by atoms with Crippen LogP contribution in [0, 0.1) is 0 Å². The summed E-state index contributed by atoms with van der Waals surface area (Å²) in [7, 11) is 0. The van der Waals surface area contributed by atoms with Gasteiger partial charge in [-0.3, -0.25) is 9.78 Å². The van der Waals surface area contributed by atoms with Gasteiger partial charge in [-0.1, -0.05) is 6.07 Å². The Morgan fingerprint density at radius 3 is 2.70 bits per heavy atom. The number of amides is 1. The third-order valence-corrected chi connectivity index (χ3v) is 3.31. The molecule has 5 heteroatoms. The van der Waals surface area contributed by atoms with E-state index in [1.165, 1.54) is 6.20 Å². The van der Waals surface area contributed by atoms with Gasteiger partial charge in [0.15, 0.2) is 0 Å². The van der Waals surface area contributed by atoms with Gasteiger partial charge in [0.25, 0.3) is 5.91 Å². The van der Waals surface area contributed by atoms with Crippen molar-refractivity contribution in [2.24, 2.45) is 0 Å². The van der Waals surface area contributed by atoms with Gasteiger partial charge in [-0.15, -0.1) is 0 Å². The zero-order chi connectivity index (χ0) is 13.9. The van der Waals surface area contributed by atoms with Crippen molar-refractivity contribution >= 4 is 11.6 Å². The number of hydrogen-bond acceptors (Lipinski definition) is 4. The van der Waals surface area contributed by atoms with Crippen LogP contribution in [0.15, 0.2) is 42.7 Å². The predicted octanol–water partition coefficient (Wildman–Crippen LogP) is 1.86. The maximum absolute atomic E-state index is 12.5. The van der Waals surface area contributed by atoms with E-state index >= 15 is 0 Å². The summed E-state index contributed by atoms with van der Waals surface area (Å²) in [6.45, 7) is 0.524. The SMILES string of the molecule is Nc1ccc(C(=O)N(Cc2ccccn2)C2CC2)nc1. The van der Waals surface area contributed by atoms with E-state index in [-0.39, 0.29) is 5.91 Å². The highest BCUT2D eigenvalue weighted by atomic mass is 16.2. The van der Waals surface area contributed by atoms with E-state index in [0.717, 1.165) is 18.5 Å². The highest BCUT2D eigenvalue weighted by Crippen LogP contribution is 2.29. The summed E-state index contributed by atoms with van der Waals surface area (Å²) in [5.41, 5.74) is 7.49. The molecule has 3 rings (SSSR count). The number of anilines is 1. The van der Waals surface area contributed by atoms with Gasteiger partial charge in [-0.2, -0.15) is 0 Å². The molecule has 0 bridgehead atoms. The molecule has 0 unspecified atom stereocenters. The lowest BCUT2D eigenvalue weighted by Gasteiger charge is -2.21. The number of aromatic nitrogens is 2. The van der Waals surface area contributed by atoms with E-state index in [0.29, 0.717) is 24.0 Å². The number of rotatable bonds is 4. The molecule has 0 saturated heterocycles. The van der Waals surface area contributed by atoms with Crippen molar-refractivity contribution in [1.29, 1.82) is 0 Å². The Balaban J connectivity index is 1.80. The van der Waals surface area contributed by atoms with Crippen molar-refractivity contribution in [2.45, 2.75) is 25.4 Å². The van der Waals surface area contributed by atoms with Gasteiger partial charge in [0.2, 0.25) is 0 Å². The first-order valence-electron chi connectivity index (χ1n) is 6.66. The van der Waals surface area contributed by atoms with Gasteiger partial charge in [0, 0.05) is 12.2 Å². The van der Waals surface area contributed by atoms with E-state index in [4.69, 9.17) is 5.73 Å².